The molecule has 0 N–H and O–H groups in total. The summed E-state index contributed by atoms with van der Waals surface area (Å²) in [6.07, 6.45) is 1.65. The molecule has 2 aliphatic heterocycles. The minimum Gasteiger partial charge on any atom is -0.290 e. The summed E-state index contributed by atoms with van der Waals surface area (Å²) in [5, 5.41) is 1.15. The lowest BCUT2D eigenvalue weighted by atomic mass is 10.1. The first-order chi connectivity index (χ1) is 8.74. The molecule has 0 unspecified atom stereocenters. The summed E-state index contributed by atoms with van der Waals surface area (Å²) in [6.45, 7) is 0. The van der Waals surface area contributed by atoms with Crippen LogP contribution in [-0.4, -0.2) is 9.97 Å². The van der Waals surface area contributed by atoms with Crippen LogP contribution in [0.25, 0.3) is 22.5 Å². The van der Waals surface area contributed by atoms with Gasteiger partial charge in [0.1, 0.15) is 0 Å². The van der Waals surface area contributed by atoms with E-state index in [2.05, 4.69) is 9.97 Å². The fourth-order valence-electron chi connectivity index (χ4n) is 2.42. The third-order valence-electron chi connectivity index (χ3n) is 3.21. The third kappa shape index (κ3) is 1.04. The van der Waals surface area contributed by atoms with Crippen LogP contribution in [0.2, 0.25) is 0 Å². The molecule has 0 aromatic carbocycles. The SMILES string of the molecule is O=c1ccc2nc3c4ccnc-4cc(=O)c=3c-2c1. The Hall–Kier alpha value is -2.62. The van der Waals surface area contributed by atoms with Gasteiger partial charge in [-0.05, 0) is 24.3 Å². The van der Waals surface area contributed by atoms with E-state index in [1.165, 1.54) is 18.2 Å². The zero-order valence-corrected chi connectivity index (χ0v) is 9.18. The number of nitrogens with zero attached hydrogens (tertiary/aromatic N) is 2. The van der Waals surface area contributed by atoms with E-state index in [1.807, 2.05) is 6.07 Å². The summed E-state index contributed by atoms with van der Waals surface area (Å²) < 4.78 is 0. The van der Waals surface area contributed by atoms with Crippen molar-refractivity contribution in [1.82, 2.24) is 9.97 Å². The smallest absolute Gasteiger partial charge is 0.190 e. The molecule has 0 aromatic rings. The van der Waals surface area contributed by atoms with Crippen molar-refractivity contribution in [3.63, 3.8) is 0 Å². The van der Waals surface area contributed by atoms with Crippen LogP contribution < -0.4 is 10.9 Å². The van der Waals surface area contributed by atoms with Crippen molar-refractivity contribution in [2.45, 2.75) is 0 Å². The second-order valence-corrected chi connectivity index (χ2v) is 4.27. The standard InChI is InChI=1S/C14H6N2O2/c17-7-1-2-10-9(5-7)13-12(18)6-11-8(3-4-15-11)14(13)16-10/h1-6H. The number of benzene rings is 1. The van der Waals surface area contributed by atoms with E-state index < -0.39 is 0 Å². The average Bonchev–Trinajstić information content (AvgIpc) is 2.91. The predicted octanol–water partition coefficient (Wildman–Crippen LogP) is 1.01. The molecular weight excluding hydrogens is 228 g/mol. The molecule has 4 nitrogen and oxygen atoms in total. The predicted molar refractivity (Wildman–Crippen MR) is 65.5 cm³/mol. The fraction of sp³-hybridized carbons (Fsp3) is 0. The Labute approximate surface area is 101 Å². The van der Waals surface area contributed by atoms with Crippen molar-refractivity contribution in [2.24, 2.45) is 0 Å². The monoisotopic (exact) mass is 234 g/mol. The maximum Gasteiger partial charge on any atom is 0.190 e. The first-order valence-corrected chi connectivity index (χ1v) is 5.52. The van der Waals surface area contributed by atoms with Gasteiger partial charge in [0.25, 0.3) is 0 Å². The van der Waals surface area contributed by atoms with E-state index in [0.717, 1.165) is 5.56 Å². The molecule has 0 saturated heterocycles. The van der Waals surface area contributed by atoms with Gasteiger partial charge >= 0.3 is 0 Å². The van der Waals surface area contributed by atoms with E-state index in [-0.39, 0.29) is 10.9 Å². The van der Waals surface area contributed by atoms with Gasteiger partial charge in [-0.2, -0.15) is 0 Å². The van der Waals surface area contributed by atoms with E-state index >= 15 is 0 Å². The molecule has 2 aliphatic carbocycles. The largest absolute Gasteiger partial charge is 0.290 e. The van der Waals surface area contributed by atoms with E-state index in [4.69, 9.17) is 0 Å². The zero-order valence-electron chi connectivity index (χ0n) is 9.18. The molecule has 0 atom stereocenters. The summed E-state index contributed by atoms with van der Waals surface area (Å²) >= 11 is 0. The highest BCUT2D eigenvalue weighted by atomic mass is 16.1. The van der Waals surface area contributed by atoms with Gasteiger partial charge in [0, 0.05) is 23.4 Å². The first-order valence-electron chi connectivity index (χ1n) is 5.52. The molecule has 84 valence electrons. The van der Waals surface area contributed by atoms with Crippen LogP contribution in [0.5, 0.6) is 0 Å². The highest BCUT2D eigenvalue weighted by molar-refractivity contribution is 5.69. The van der Waals surface area contributed by atoms with Gasteiger partial charge in [0.15, 0.2) is 10.9 Å². The normalized spacial score (nSPS) is 11.8. The van der Waals surface area contributed by atoms with Crippen LogP contribution in [0.15, 0.2) is 46.1 Å². The maximum atomic E-state index is 12.1. The second-order valence-electron chi connectivity index (χ2n) is 4.27. The van der Waals surface area contributed by atoms with Crippen LogP contribution in [0.4, 0.5) is 0 Å². The number of rotatable bonds is 0. The van der Waals surface area contributed by atoms with Crippen molar-refractivity contribution in [1.29, 1.82) is 0 Å². The number of hydrogen-bond acceptors (Lipinski definition) is 4. The van der Waals surface area contributed by atoms with Gasteiger partial charge in [-0.1, -0.05) is 0 Å². The van der Waals surface area contributed by atoms with Crippen molar-refractivity contribution in [3.05, 3.63) is 67.5 Å². The molecule has 0 amide bonds. The summed E-state index contributed by atoms with van der Waals surface area (Å²) in [5.74, 6) is 0. The zero-order chi connectivity index (χ0) is 12.3. The van der Waals surface area contributed by atoms with Crippen LogP contribution in [0, 0.1) is 10.6 Å². The van der Waals surface area contributed by atoms with Crippen LogP contribution in [0.3, 0.4) is 0 Å². The van der Waals surface area contributed by atoms with Crippen molar-refractivity contribution < 1.29 is 0 Å². The molecule has 18 heavy (non-hydrogen) atoms. The van der Waals surface area contributed by atoms with Gasteiger partial charge in [-0.3, -0.25) is 14.6 Å². The summed E-state index contributed by atoms with van der Waals surface area (Å²) in [7, 11) is 0. The maximum absolute atomic E-state index is 12.1. The fourth-order valence-corrected chi connectivity index (χ4v) is 2.42. The minimum absolute atomic E-state index is 0.114. The lowest BCUT2D eigenvalue weighted by molar-refractivity contribution is 1.28. The number of hydrogen-bond donors (Lipinski definition) is 0. The summed E-state index contributed by atoms with van der Waals surface area (Å²) in [5.41, 5.74) is 2.56. The van der Waals surface area contributed by atoms with E-state index in [9.17, 15) is 9.59 Å². The van der Waals surface area contributed by atoms with Gasteiger partial charge in [0.2, 0.25) is 0 Å². The molecule has 0 saturated carbocycles. The molecular formula is C14H6N2O2. The lowest BCUT2D eigenvalue weighted by Gasteiger charge is -1.94. The molecule has 4 rings (SSSR count). The number of fused-ring (bicyclic) bond motifs is 4. The van der Waals surface area contributed by atoms with Crippen molar-refractivity contribution >= 4 is 0 Å². The molecule has 0 fully saturated rings. The topological polar surface area (TPSA) is 59.9 Å². The second kappa shape index (κ2) is 2.98. The Bertz CT molecular complexity index is 966. The Morgan fingerprint density at radius 1 is 0.889 bits per heavy atom. The third-order valence-corrected chi connectivity index (χ3v) is 3.21. The highest BCUT2D eigenvalue weighted by Crippen LogP contribution is 2.26. The molecule has 4 heteroatoms. The number of aromatic nitrogens is 2. The van der Waals surface area contributed by atoms with E-state index in [0.29, 0.717) is 27.5 Å². The lowest BCUT2D eigenvalue weighted by Crippen LogP contribution is -2.05. The quantitative estimate of drug-likeness (QED) is 0.455. The van der Waals surface area contributed by atoms with Gasteiger partial charge < -0.3 is 0 Å². The Balaban J connectivity index is 2.42. The van der Waals surface area contributed by atoms with Crippen LogP contribution >= 0.6 is 0 Å². The summed E-state index contributed by atoms with van der Waals surface area (Å²) in [4.78, 5) is 32.1. The first kappa shape index (κ1) is 9.41. The molecule has 4 aliphatic rings. The molecule has 0 radical (unpaired) electrons. The molecule has 0 bridgehead atoms. The highest BCUT2D eigenvalue weighted by Gasteiger charge is 2.17. The molecule has 0 aromatic heterocycles. The van der Waals surface area contributed by atoms with Gasteiger partial charge in [0.05, 0.1) is 22.0 Å². The average molecular weight is 234 g/mol. The minimum atomic E-state index is -0.135. The Morgan fingerprint density at radius 3 is 2.67 bits per heavy atom. The van der Waals surface area contributed by atoms with Gasteiger partial charge in [-0.25, -0.2) is 4.98 Å². The van der Waals surface area contributed by atoms with Crippen molar-refractivity contribution in [3.8, 4) is 22.5 Å². The van der Waals surface area contributed by atoms with Crippen LogP contribution in [0.1, 0.15) is 0 Å². The van der Waals surface area contributed by atoms with Gasteiger partial charge in [-0.15, -0.1) is 0 Å². The van der Waals surface area contributed by atoms with Crippen LogP contribution in [-0.2, 0) is 0 Å². The summed E-state index contributed by atoms with van der Waals surface area (Å²) in [6, 6.07) is 7.91. The van der Waals surface area contributed by atoms with E-state index in [1.54, 1.807) is 12.3 Å². The molecule has 2 heterocycles. The van der Waals surface area contributed by atoms with Crippen molar-refractivity contribution in [2.75, 3.05) is 0 Å². The Morgan fingerprint density at radius 2 is 1.78 bits per heavy atom. The Kier molecular flexibility index (Phi) is 1.56. The molecule has 0 spiro atoms.